The molecule has 0 unspecified atom stereocenters. The van der Waals surface area contributed by atoms with Crippen LogP contribution in [0.5, 0.6) is 0 Å². The summed E-state index contributed by atoms with van der Waals surface area (Å²) in [6.45, 7) is -2.83. The lowest BCUT2D eigenvalue weighted by molar-refractivity contribution is -0.303. The minimum Gasteiger partial charge on any atom is -0.233 e. The first-order chi connectivity index (χ1) is 6.44. The number of nitrogens with zero attached hydrogens (tertiary/aromatic N) is 1. The number of halogens is 9. The van der Waals surface area contributed by atoms with Crippen LogP contribution in [0, 0.1) is 0 Å². The highest BCUT2D eigenvalue weighted by Gasteiger charge is 2.92. The predicted octanol–water partition coefficient (Wildman–Crippen LogP) is 2.69. The van der Waals surface area contributed by atoms with Crippen LogP contribution in [-0.2, 0) is 0 Å². The standard InChI is InChI=1S/C5H2F9N/c6-1-15-4(11,12)2(7,8)3(9,10)5(15,13)14/h1H2. The van der Waals surface area contributed by atoms with Gasteiger partial charge in [0.25, 0.3) is 0 Å². The van der Waals surface area contributed by atoms with E-state index in [9.17, 15) is 39.5 Å². The first-order valence-electron chi connectivity index (χ1n) is 3.29. The number of likely N-dealkylation sites (tertiary alicyclic amines) is 1. The van der Waals surface area contributed by atoms with Crippen molar-refractivity contribution in [2.24, 2.45) is 0 Å². The van der Waals surface area contributed by atoms with E-state index < -0.39 is 35.6 Å². The van der Waals surface area contributed by atoms with E-state index in [4.69, 9.17) is 0 Å². The highest BCUT2D eigenvalue weighted by atomic mass is 19.4. The van der Waals surface area contributed by atoms with Crippen molar-refractivity contribution in [2.75, 3.05) is 6.80 Å². The molecule has 0 N–H and O–H groups in total. The van der Waals surface area contributed by atoms with Gasteiger partial charge in [0.05, 0.1) is 0 Å². The van der Waals surface area contributed by atoms with E-state index in [0.29, 0.717) is 0 Å². The van der Waals surface area contributed by atoms with Gasteiger partial charge in [0.15, 0.2) is 6.80 Å². The molecule has 0 amide bonds. The molecule has 1 heterocycles. The molecule has 0 radical (unpaired) electrons. The number of rotatable bonds is 1. The van der Waals surface area contributed by atoms with Crippen LogP contribution < -0.4 is 0 Å². The van der Waals surface area contributed by atoms with E-state index in [0.717, 1.165) is 0 Å². The van der Waals surface area contributed by atoms with E-state index in [1.54, 1.807) is 0 Å². The van der Waals surface area contributed by atoms with Crippen molar-refractivity contribution in [3.05, 3.63) is 0 Å². The molecule has 0 aromatic heterocycles. The molecule has 90 valence electrons. The Bertz CT molecular complexity index is 246. The lowest BCUT2D eigenvalue weighted by Gasteiger charge is -2.24. The van der Waals surface area contributed by atoms with E-state index in [2.05, 4.69) is 0 Å². The third kappa shape index (κ3) is 1.05. The monoisotopic (exact) mass is 247 g/mol. The van der Waals surface area contributed by atoms with E-state index in [1.165, 1.54) is 0 Å². The zero-order valence-corrected chi connectivity index (χ0v) is 6.56. The summed E-state index contributed by atoms with van der Waals surface area (Å²) in [6.07, 6.45) is 0. The van der Waals surface area contributed by atoms with Crippen LogP contribution in [0.4, 0.5) is 39.5 Å². The van der Waals surface area contributed by atoms with Crippen LogP contribution in [0.1, 0.15) is 0 Å². The lowest BCUT2D eigenvalue weighted by atomic mass is 10.2. The van der Waals surface area contributed by atoms with Gasteiger partial charge in [-0.3, -0.25) is 0 Å². The van der Waals surface area contributed by atoms with Gasteiger partial charge in [-0.15, -0.1) is 4.90 Å². The molecule has 15 heavy (non-hydrogen) atoms. The van der Waals surface area contributed by atoms with Gasteiger partial charge in [-0.05, 0) is 0 Å². The molecule has 10 heteroatoms. The number of hydrogen-bond donors (Lipinski definition) is 0. The molecule has 0 aromatic carbocycles. The quantitative estimate of drug-likeness (QED) is 0.508. The topological polar surface area (TPSA) is 3.24 Å². The zero-order chi connectivity index (χ0) is 12.3. The molecule has 0 atom stereocenters. The number of hydrogen-bond acceptors (Lipinski definition) is 1. The van der Waals surface area contributed by atoms with Crippen LogP contribution in [0.15, 0.2) is 0 Å². The van der Waals surface area contributed by atoms with E-state index in [1.807, 2.05) is 0 Å². The highest BCUT2D eigenvalue weighted by Crippen LogP contribution is 2.62. The van der Waals surface area contributed by atoms with Crippen molar-refractivity contribution >= 4 is 0 Å². The molecule has 1 nitrogen and oxygen atoms in total. The number of alkyl halides is 9. The van der Waals surface area contributed by atoms with Gasteiger partial charge < -0.3 is 0 Å². The van der Waals surface area contributed by atoms with Gasteiger partial charge >= 0.3 is 23.9 Å². The summed E-state index contributed by atoms with van der Waals surface area (Å²) in [5.74, 6) is -12.7. The van der Waals surface area contributed by atoms with Gasteiger partial charge in [0.2, 0.25) is 0 Å². The largest absolute Gasteiger partial charge is 0.394 e. The van der Waals surface area contributed by atoms with Crippen molar-refractivity contribution in [3.8, 4) is 0 Å². The maximum atomic E-state index is 12.4. The molecule has 1 rings (SSSR count). The van der Waals surface area contributed by atoms with Crippen molar-refractivity contribution < 1.29 is 39.5 Å². The molecule has 0 aliphatic carbocycles. The molecule has 1 saturated heterocycles. The SMILES string of the molecule is FCN1C(F)(F)C(F)(F)C(F)(F)C1(F)F. The fourth-order valence-corrected chi connectivity index (χ4v) is 1.04. The Morgan fingerprint density at radius 2 is 0.933 bits per heavy atom. The Balaban J connectivity index is 3.40. The molecule has 0 aromatic rings. The predicted molar refractivity (Wildman–Crippen MR) is 27.6 cm³/mol. The third-order valence-electron chi connectivity index (χ3n) is 1.95. The maximum Gasteiger partial charge on any atom is 0.394 e. The van der Waals surface area contributed by atoms with Gasteiger partial charge in [-0.2, -0.15) is 35.1 Å². The fraction of sp³-hybridized carbons (Fsp3) is 1.00. The van der Waals surface area contributed by atoms with Gasteiger partial charge in [-0.1, -0.05) is 0 Å². The van der Waals surface area contributed by atoms with Crippen molar-refractivity contribution in [1.29, 1.82) is 0 Å². The first-order valence-corrected chi connectivity index (χ1v) is 3.29. The summed E-state index contributed by atoms with van der Waals surface area (Å²) in [6, 6.07) is -11.9. The molecular formula is C5H2F9N. The van der Waals surface area contributed by atoms with Crippen LogP contribution in [-0.4, -0.2) is 35.6 Å². The summed E-state index contributed by atoms with van der Waals surface area (Å²) < 4.78 is 110. The van der Waals surface area contributed by atoms with Crippen molar-refractivity contribution in [1.82, 2.24) is 4.90 Å². The second-order valence-electron chi connectivity index (χ2n) is 2.78. The lowest BCUT2D eigenvalue weighted by Crippen LogP contribution is -2.51. The Hall–Kier alpha value is -0.670. The molecule has 1 aliphatic rings. The van der Waals surface area contributed by atoms with Crippen molar-refractivity contribution in [2.45, 2.75) is 23.9 Å². The summed E-state index contributed by atoms with van der Waals surface area (Å²) in [5, 5.41) is 0. The fourth-order valence-electron chi connectivity index (χ4n) is 1.04. The molecule has 0 spiro atoms. The van der Waals surface area contributed by atoms with E-state index in [-0.39, 0.29) is 0 Å². The molecule has 0 saturated carbocycles. The van der Waals surface area contributed by atoms with Gasteiger partial charge in [-0.25, -0.2) is 4.39 Å². The Labute approximate surface area is 76.4 Å². The maximum absolute atomic E-state index is 12.4. The summed E-state index contributed by atoms with van der Waals surface area (Å²) in [4.78, 5) is -2.17. The van der Waals surface area contributed by atoms with Crippen LogP contribution in [0.3, 0.4) is 0 Å². The molecule has 1 aliphatic heterocycles. The van der Waals surface area contributed by atoms with Crippen LogP contribution >= 0.6 is 0 Å². The molecule has 1 fully saturated rings. The third-order valence-corrected chi connectivity index (χ3v) is 1.95. The smallest absolute Gasteiger partial charge is 0.233 e. The Morgan fingerprint density at radius 1 is 0.667 bits per heavy atom. The van der Waals surface area contributed by atoms with Gasteiger partial charge in [0, 0.05) is 0 Å². The van der Waals surface area contributed by atoms with E-state index >= 15 is 0 Å². The average molecular weight is 247 g/mol. The summed E-state index contributed by atoms with van der Waals surface area (Å²) in [7, 11) is 0. The summed E-state index contributed by atoms with van der Waals surface area (Å²) in [5.41, 5.74) is 0. The second kappa shape index (κ2) is 2.71. The Kier molecular flexibility index (Phi) is 2.24. The normalized spacial score (nSPS) is 31.8. The highest BCUT2D eigenvalue weighted by molar-refractivity contribution is 5.11. The van der Waals surface area contributed by atoms with Crippen LogP contribution in [0.2, 0.25) is 0 Å². The van der Waals surface area contributed by atoms with Crippen molar-refractivity contribution in [3.63, 3.8) is 0 Å². The molecular weight excluding hydrogens is 245 g/mol. The summed E-state index contributed by atoms with van der Waals surface area (Å²) >= 11 is 0. The minimum atomic E-state index is -6.34. The Morgan fingerprint density at radius 3 is 1.07 bits per heavy atom. The molecule has 0 bridgehead atoms. The second-order valence-corrected chi connectivity index (χ2v) is 2.78. The minimum absolute atomic E-state index is 2.17. The first kappa shape index (κ1) is 12.4. The zero-order valence-electron chi connectivity index (χ0n) is 6.56. The van der Waals surface area contributed by atoms with Crippen LogP contribution in [0.25, 0.3) is 0 Å². The van der Waals surface area contributed by atoms with Gasteiger partial charge in [0.1, 0.15) is 0 Å². The average Bonchev–Trinajstić information content (AvgIpc) is 2.07.